The van der Waals surface area contributed by atoms with Crippen LogP contribution in [-0.2, 0) is 10.2 Å². The number of anilines is 1. The summed E-state index contributed by atoms with van der Waals surface area (Å²) < 4.78 is 5.87. The van der Waals surface area contributed by atoms with E-state index in [1.807, 2.05) is 42.5 Å². The third-order valence-corrected chi connectivity index (χ3v) is 5.60. The quantitative estimate of drug-likeness (QED) is 0.488. The van der Waals surface area contributed by atoms with Gasteiger partial charge in [-0.05, 0) is 53.8 Å². The molecule has 1 N–H and O–H groups in total. The van der Waals surface area contributed by atoms with Crippen LogP contribution in [0.5, 0.6) is 5.75 Å². The van der Waals surface area contributed by atoms with Crippen LogP contribution in [0.2, 0.25) is 0 Å². The zero-order chi connectivity index (χ0) is 21.7. The fourth-order valence-corrected chi connectivity index (χ4v) is 3.42. The third kappa shape index (κ3) is 5.10. The molecule has 3 nitrogen and oxygen atoms in total. The maximum atomic E-state index is 12.5. The maximum Gasteiger partial charge on any atom is 0.265 e. The van der Waals surface area contributed by atoms with Gasteiger partial charge in [0.25, 0.3) is 5.91 Å². The lowest BCUT2D eigenvalue weighted by molar-refractivity contribution is -0.122. The Morgan fingerprint density at radius 2 is 1.37 bits per heavy atom. The molecule has 0 aliphatic carbocycles. The number of amides is 1. The summed E-state index contributed by atoms with van der Waals surface area (Å²) in [5, 5.41) is 2.92. The number of hydrogen-bond acceptors (Lipinski definition) is 2. The molecule has 0 radical (unpaired) electrons. The zero-order valence-corrected chi connectivity index (χ0v) is 18.5. The van der Waals surface area contributed by atoms with Crippen molar-refractivity contribution in [1.82, 2.24) is 0 Å². The van der Waals surface area contributed by atoms with Crippen molar-refractivity contribution < 1.29 is 9.53 Å². The molecular formula is C27H31NO2. The number of benzene rings is 3. The van der Waals surface area contributed by atoms with Crippen LogP contribution in [-0.4, -0.2) is 12.0 Å². The molecule has 0 bridgehead atoms. The van der Waals surface area contributed by atoms with Crippen LogP contribution in [0.25, 0.3) is 0 Å². The second kappa shape index (κ2) is 9.17. The largest absolute Gasteiger partial charge is 0.481 e. The van der Waals surface area contributed by atoms with Crippen molar-refractivity contribution >= 4 is 11.6 Å². The Labute approximate surface area is 180 Å². The molecule has 30 heavy (non-hydrogen) atoms. The molecule has 0 saturated carbocycles. The average molecular weight is 402 g/mol. The standard InChI is InChI=1S/C27H31NO2/c1-19(2)21-11-15-24(16-12-21)28-26(29)20(3)30-25-17-13-23(14-18-25)27(4,5)22-9-7-6-8-10-22/h6-20H,1-5H3,(H,28,29). The zero-order valence-electron chi connectivity index (χ0n) is 18.5. The molecule has 1 amide bonds. The fraction of sp³-hybridized carbons (Fsp3) is 0.296. The van der Waals surface area contributed by atoms with Crippen molar-refractivity contribution in [3.05, 3.63) is 95.6 Å². The van der Waals surface area contributed by atoms with Gasteiger partial charge >= 0.3 is 0 Å². The van der Waals surface area contributed by atoms with Crippen LogP contribution in [0.3, 0.4) is 0 Å². The van der Waals surface area contributed by atoms with E-state index in [-0.39, 0.29) is 11.3 Å². The molecule has 0 saturated heterocycles. The number of rotatable bonds is 7. The molecule has 0 heterocycles. The van der Waals surface area contributed by atoms with Crippen LogP contribution >= 0.6 is 0 Å². The summed E-state index contributed by atoms with van der Waals surface area (Å²) in [5.41, 5.74) is 4.37. The Balaban J connectivity index is 1.62. The monoisotopic (exact) mass is 401 g/mol. The highest BCUT2D eigenvalue weighted by atomic mass is 16.5. The van der Waals surface area contributed by atoms with Crippen molar-refractivity contribution in [2.75, 3.05) is 5.32 Å². The van der Waals surface area contributed by atoms with Crippen LogP contribution in [0.4, 0.5) is 5.69 Å². The normalized spacial score (nSPS) is 12.5. The Hall–Kier alpha value is -3.07. The second-order valence-corrected chi connectivity index (χ2v) is 8.54. The van der Waals surface area contributed by atoms with E-state index in [1.165, 1.54) is 16.7 Å². The Bertz CT molecular complexity index is 958. The minimum Gasteiger partial charge on any atom is -0.481 e. The number of carbonyl (C=O) groups excluding carboxylic acids is 1. The first-order valence-corrected chi connectivity index (χ1v) is 10.5. The molecule has 0 aliphatic heterocycles. The van der Waals surface area contributed by atoms with Crippen LogP contribution in [0, 0.1) is 0 Å². The van der Waals surface area contributed by atoms with Crippen molar-refractivity contribution in [2.45, 2.75) is 52.1 Å². The van der Waals surface area contributed by atoms with Gasteiger partial charge in [0.15, 0.2) is 6.10 Å². The molecule has 1 unspecified atom stereocenters. The third-order valence-electron chi connectivity index (χ3n) is 5.60. The lowest BCUT2D eigenvalue weighted by atomic mass is 9.78. The predicted octanol–water partition coefficient (Wildman–Crippen LogP) is 6.54. The lowest BCUT2D eigenvalue weighted by Crippen LogP contribution is -2.30. The predicted molar refractivity (Wildman–Crippen MR) is 124 cm³/mol. The number of hydrogen-bond donors (Lipinski definition) is 1. The van der Waals surface area contributed by atoms with E-state index in [1.54, 1.807) is 6.92 Å². The van der Waals surface area contributed by atoms with E-state index in [0.29, 0.717) is 11.7 Å². The lowest BCUT2D eigenvalue weighted by Gasteiger charge is -2.26. The summed E-state index contributed by atoms with van der Waals surface area (Å²) >= 11 is 0. The number of nitrogens with one attached hydrogen (secondary N) is 1. The van der Waals surface area contributed by atoms with Gasteiger partial charge in [0.1, 0.15) is 5.75 Å². The van der Waals surface area contributed by atoms with Gasteiger partial charge in [-0.25, -0.2) is 0 Å². The minimum atomic E-state index is -0.595. The maximum absolute atomic E-state index is 12.5. The average Bonchev–Trinajstić information content (AvgIpc) is 2.75. The Morgan fingerprint density at radius 1 is 0.800 bits per heavy atom. The Kier molecular flexibility index (Phi) is 6.61. The molecule has 0 spiro atoms. The molecule has 3 heteroatoms. The van der Waals surface area contributed by atoms with E-state index in [9.17, 15) is 4.79 Å². The molecule has 1 atom stereocenters. The van der Waals surface area contributed by atoms with Gasteiger partial charge in [-0.15, -0.1) is 0 Å². The van der Waals surface area contributed by atoms with Gasteiger partial charge in [0, 0.05) is 11.1 Å². The fourth-order valence-electron chi connectivity index (χ4n) is 3.42. The van der Waals surface area contributed by atoms with Crippen molar-refractivity contribution in [3.8, 4) is 5.75 Å². The van der Waals surface area contributed by atoms with Gasteiger partial charge in [-0.3, -0.25) is 4.79 Å². The topological polar surface area (TPSA) is 38.3 Å². The first-order valence-electron chi connectivity index (χ1n) is 10.5. The van der Waals surface area contributed by atoms with Crippen molar-refractivity contribution in [1.29, 1.82) is 0 Å². The summed E-state index contributed by atoms with van der Waals surface area (Å²) in [5.74, 6) is 0.980. The summed E-state index contributed by atoms with van der Waals surface area (Å²) in [6.45, 7) is 10.5. The highest BCUT2D eigenvalue weighted by molar-refractivity contribution is 5.94. The molecule has 3 rings (SSSR count). The Morgan fingerprint density at radius 3 is 1.93 bits per heavy atom. The summed E-state index contributed by atoms with van der Waals surface area (Å²) in [7, 11) is 0. The molecule has 0 fully saturated rings. The van der Waals surface area contributed by atoms with E-state index in [4.69, 9.17) is 4.74 Å². The van der Waals surface area contributed by atoms with Crippen molar-refractivity contribution in [2.24, 2.45) is 0 Å². The van der Waals surface area contributed by atoms with Crippen LogP contribution < -0.4 is 10.1 Å². The van der Waals surface area contributed by atoms with Gasteiger partial charge in [-0.1, -0.05) is 82.3 Å². The van der Waals surface area contributed by atoms with E-state index in [2.05, 4.69) is 69.4 Å². The number of carbonyl (C=O) groups is 1. The van der Waals surface area contributed by atoms with Gasteiger partial charge < -0.3 is 10.1 Å². The summed E-state index contributed by atoms with van der Waals surface area (Å²) in [6, 6.07) is 26.4. The second-order valence-electron chi connectivity index (χ2n) is 8.54. The summed E-state index contributed by atoms with van der Waals surface area (Å²) in [6.07, 6.45) is -0.595. The molecule has 3 aromatic rings. The first kappa shape index (κ1) is 21.6. The van der Waals surface area contributed by atoms with Gasteiger partial charge in [0.05, 0.1) is 0 Å². The molecule has 0 aromatic heterocycles. The molecule has 3 aromatic carbocycles. The van der Waals surface area contributed by atoms with Gasteiger partial charge in [-0.2, -0.15) is 0 Å². The minimum absolute atomic E-state index is 0.106. The highest BCUT2D eigenvalue weighted by Crippen LogP contribution is 2.32. The SMILES string of the molecule is CC(Oc1ccc(C(C)(C)c2ccccc2)cc1)C(=O)Nc1ccc(C(C)C)cc1. The van der Waals surface area contributed by atoms with Gasteiger partial charge in [0.2, 0.25) is 0 Å². The highest BCUT2D eigenvalue weighted by Gasteiger charge is 2.23. The van der Waals surface area contributed by atoms with Crippen molar-refractivity contribution in [3.63, 3.8) is 0 Å². The summed E-state index contributed by atoms with van der Waals surface area (Å²) in [4.78, 5) is 12.5. The smallest absolute Gasteiger partial charge is 0.265 e. The van der Waals surface area contributed by atoms with E-state index >= 15 is 0 Å². The molecular weight excluding hydrogens is 370 g/mol. The molecule has 0 aliphatic rings. The van der Waals surface area contributed by atoms with E-state index in [0.717, 1.165) is 5.69 Å². The molecule has 156 valence electrons. The first-order chi connectivity index (χ1) is 14.3. The van der Waals surface area contributed by atoms with Crippen LogP contribution in [0.1, 0.15) is 57.2 Å². The van der Waals surface area contributed by atoms with Crippen LogP contribution in [0.15, 0.2) is 78.9 Å². The van der Waals surface area contributed by atoms with E-state index < -0.39 is 6.10 Å². The number of ether oxygens (including phenoxy) is 1.